The van der Waals surface area contributed by atoms with Gasteiger partial charge in [0.05, 0.1) is 6.61 Å². The number of halogens is 1. The van der Waals surface area contributed by atoms with E-state index < -0.39 is 0 Å². The first kappa shape index (κ1) is 23.0. The van der Waals surface area contributed by atoms with Crippen LogP contribution in [0.5, 0.6) is 5.75 Å². The Kier molecular flexibility index (Phi) is 8.20. The lowest BCUT2D eigenvalue weighted by Gasteiger charge is -2.30. The highest BCUT2D eigenvalue weighted by Crippen LogP contribution is 2.32. The molecule has 2 unspecified atom stereocenters. The van der Waals surface area contributed by atoms with Crippen LogP contribution in [-0.2, 0) is 10.2 Å². The Morgan fingerprint density at radius 1 is 1.18 bits per heavy atom. The molecule has 5 heteroatoms. The van der Waals surface area contributed by atoms with Crippen LogP contribution in [-0.4, -0.2) is 31.1 Å². The van der Waals surface area contributed by atoms with E-state index >= 15 is 0 Å². The van der Waals surface area contributed by atoms with Crippen LogP contribution in [0.25, 0.3) is 0 Å². The SMILES string of the molecule is CC(C)COc1ccc(C(C)(C)CNC(=O)CC2CC3CCC(C2)N3)cc1.Cl. The van der Waals surface area contributed by atoms with E-state index in [0.29, 0.717) is 36.9 Å². The number of ether oxygens (including phenoxy) is 1. The smallest absolute Gasteiger partial charge is 0.220 e. The highest BCUT2D eigenvalue weighted by molar-refractivity contribution is 5.85. The molecule has 3 rings (SSSR count). The first-order valence-corrected chi connectivity index (χ1v) is 10.6. The van der Waals surface area contributed by atoms with E-state index in [1.807, 2.05) is 12.1 Å². The van der Waals surface area contributed by atoms with E-state index in [1.165, 1.54) is 18.4 Å². The largest absolute Gasteiger partial charge is 0.493 e. The summed E-state index contributed by atoms with van der Waals surface area (Å²) >= 11 is 0. The molecule has 2 aliphatic heterocycles. The first-order valence-electron chi connectivity index (χ1n) is 10.6. The van der Waals surface area contributed by atoms with Crippen molar-refractivity contribution in [3.63, 3.8) is 0 Å². The number of hydrogen-bond acceptors (Lipinski definition) is 3. The van der Waals surface area contributed by atoms with Gasteiger partial charge in [-0.05, 0) is 55.2 Å². The Morgan fingerprint density at radius 2 is 1.79 bits per heavy atom. The normalized spacial score (nSPS) is 24.0. The van der Waals surface area contributed by atoms with E-state index in [9.17, 15) is 4.79 Å². The van der Waals surface area contributed by atoms with Crippen LogP contribution < -0.4 is 15.4 Å². The number of carbonyl (C=O) groups is 1. The van der Waals surface area contributed by atoms with Crippen LogP contribution in [0.1, 0.15) is 65.4 Å². The molecule has 2 heterocycles. The van der Waals surface area contributed by atoms with E-state index in [4.69, 9.17) is 4.74 Å². The molecule has 0 aliphatic carbocycles. The third-order valence-electron chi connectivity index (χ3n) is 5.99. The van der Waals surface area contributed by atoms with Gasteiger partial charge in [-0.3, -0.25) is 4.79 Å². The van der Waals surface area contributed by atoms with Gasteiger partial charge in [-0.1, -0.05) is 39.8 Å². The molecule has 158 valence electrons. The van der Waals surface area contributed by atoms with Crippen molar-refractivity contribution in [1.29, 1.82) is 0 Å². The number of fused-ring (bicyclic) bond motifs is 2. The van der Waals surface area contributed by atoms with Crippen LogP contribution in [0.4, 0.5) is 0 Å². The molecule has 0 saturated carbocycles. The standard InChI is InChI=1S/C23H36N2O2.ClH/c1-16(2)14-27-21-9-5-18(6-10-21)23(3,4)15-24-22(26)13-17-11-19-7-8-20(12-17)25-19;/h5-6,9-10,16-17,19-20,25H,7-8,11-15H2,1-4H3,(H,24,26);1H. The van der Waals surface area contributed by atoms with Gasteiger partial charge in [0.1, 0.15) is 5.75 Å². The summed E-state index contributed by atoms with van der Waals surface area (Å²) in [5, 5.41) is 6.83. The number of piperidine rings is 1. The van der Waals surface area contributed by atoms with Crippen molar-refractivity contribution in [2.24, 2.45) is 11.8 Å². The van der Waals surface area contributed by atoms with Crippen LogP contribution in [0, 0.1) is 11.8 Å². The Balaban J connectivity index is 0.00000280. The minimum atomic E-state index is -0.0978. The van der Waals surface area contributed by atoms with Crippen molar-refractivity contribution in [3.8, 4) is 5.75 Å². The maximum absolute atomic E-state index is 12.5. The number of benzene rings is 1. The second-order valence-corrected chi connectivity index (χ2v) is 9.57. The van der Waals surface area contributed by atoms with Gasteiger partial charge in [0, 0.05) is 30.5 Å². The summed E-state index contributed by atoms with van der Waals surface area (Å²) in [5.74, 6) is 2.18. The molecule has 4 nitrogen and oxygen atoms in total. The average molecular weight is 409 g/mol. The van der Waals surface area contributed by atoms with Crippen LogP contribution in [0.15, 0.2) is 24.3 Å². The molecule has 2 aliphatic rings. The van der Waals surface area contributed by atoms with E-state index in [0.717, 1.165) is 25.2 Å². The van der Waals surface area contributed by atoms with Gasteiger partial charge >= 0.3 is 0 Å². The van der Waals surface area contributed by atoms with Crippen molar-refractivity contribution < 1.29 is 9.53 Å². The second-order valence-electron chi connectivity index (χ2n) is 9.57. The minimum absolute atomic E-state index is 0. The maximum Gasteiger partial charge on any atom is 0.220 e. The number of nitrogens with one attached hydrogen (secondary N) is 2. The van der Waals surface area contributed by atoms with Crippen molar-refractivity contribution in [2.45, 2.75) is 77.3 Å². The summed E-state index contributed by atoms with van der Waals surface area (Å²) < 4.78 is 5.77. The molecule has 0 spiro atoms. The predicted octanol–water partition coefficient (Wildman–Crippen LogP) is 4.46. The number of carbonyl (C=O) groups excluding carboxylic acids is 1. The van der Waals surface area contributed by atoms with Gasteiger partial charge in [0.15, 0.2) is 0 Å². The second kappa shape index (κ2) is 9.98. The van der Waals surface area contributed by atoms with Gasteiger partial charge in [-0.25, -0.2) is 0 Å². The number of amides is 1. The topological polar surface area (TPSA) is 50.4 Å². The molecule has 2 fully saturated rings. The Hall–Kier alpha value is -1.26. The summed E-state index contributed by atoms with van der Waals surface area (Å²) in [6.45, 7) is 10.1. The number of rotatable bonds is 8. The summed E-state index contributed by atoms with van der Waals surface area (Å²) in [7, 11) is 0. The van der Waals surface area contributed by atoms with Crippen LogP contribution in [0.3, 0.4) is 0 Å². The van der Waals surface area contributed by atoms with Gasteiger partial charge in [0.25, 0.3) is 0 Å². The molecule has 28 heavy (non-hydrogen) atoms. The van der Waals surface area contributed by atoms with Gasteiger partial charge < -0.3 is 15.4 Å². The molecule has 0 radical (unpaired) electrons. The monoisotopic (exact) mass is 408 g/mol. The Bertz CT molecular complexity index is 618. The quantitative estimate of drug-likeness (QED) is 0.667. The van der Waals surface area contributed by atoms with E-state index in [1.54, 1.807) is 0 Å². The summed E-state index contributed by atoms with van der Waals surface area (Å²) in [6, 6.07) is 9.60. The molecular weight excluding hydrogens is 372 g/mol. The van der Waals surface area contributed by atoms with Crippen LogP contribution >= 0.6 is 12.4 Å². The lowest BCUT2D eigenvalue weighted by atomic mass is 9.84. The summed E-state index contributed by atoms with van der Waals surface area (Å²) in [5.41, 5.74) is 1.12. The average Bonchev–Trinajstić information content (AvgIpc) is 2.97. The zero-order valence-corrected chi connectivity index (χ0v) is 18.6. The lowest BCUT2D eigenvalue weighted by molar-refractivity contribution is -0.122. The van der Waals surface area contributed by atoms with Crippen molar-refractivity contribution in [3.05, 3.63) is 29.8 Å². The molecule has 1 aromatic carbocycles. The highest BCUT2D eigenvalue weighted by Gasteiger charge is 2.34. The highest BCUT2D eigenvalue weighted by atomic mass is 35.5. The van der Waals surface area contributed by atoms with E-state index in [-0.39, 0.29) is 23.7 Å². The van der Waals surface area contributed by atoms with Gasteiger partial charge in [-0.15, -0.1) is 12.4 Å². The first-order chi connectivity index (χ1) is 12.8. The summed E-state index contributed by atoms with van der Waals surface area (Å²) in [6.07, 6.45) is 5.56. The maximum atomic E-state index is 12.5. The lowest BCUT2D eigenvalue weighted by Crippen LogP contribution is -2.41. The zero-order chi connectivity index (χ0) is 19.4. The number of hydrogen-bond donors (Lipinski definition) is 2. The third kappa shape index (κ3) is 6.38. The predicted molar refractivity (Wildman–Crippen MR) is 117 cm³/mol. The van der Waals surface area contributed by atoms with Gasteiger partial charge in [-0.2, -0.15) is 0 Å². The molecule has 2 atom stereocenters. The third-order valence-corrected chi connectivity index (χ3v) is 5.99. The van der Waals surface area contributed by atoms with Crippen molar-refractivity contribution >= 4 is 18.3 Å². The fourth-order valence-electron chi connectivity index (χ4n) is 4.36. The molecule has 2 bridgehead atoms. The van der Waals surface area contributed by atoms with Gasteiger partial charge in [0.2, 0.25) is 5.91 Å². The zero-order valence-electron chi connectivity index (χ0n) is 17.8. The summed E-state index contributed by atoms with van der Waals surface area (Å²) in [4.78, 5) is 12.5. The van der Waals surface area contributed by atoms with E-state index in [2.05, 4.69) is 50.5 Å². The van der Waals surface area contributed by atoms with Crippen molar-refractivity contribution in [1.82, 2.24) is 10.6 Å². The van der Waals surface area contributed by atoms with Crippen molar-refractivity contribution in [2.75, 3.05) is 13.2 Å². The molecular formula is C23H37ClN2O2. The Morgan fingerprint density at radius 3 is 2.36 bits per heavy atom. The molecule has 1 amide bonds. The molecule has 2 saturated heterocycles. The molecule has 2 N–H and O–H groups in total. The minimum Gasteiger partial charge on any atom is -0.493 e. The van der Waals surface area contributed by atoms with Crippen LogP contribution in [0.2, 0.25) is 0 Å². The molecule has 1 aromatic rings. The fraction of sp³-hybridized carbons (Fsp3) is 0.696. The molecule has 0 aromatic heterocycles. The fourth-order valence-corrected chi connectivity index (χ4v) is 4.36. The Labute approximate surface area is 176 Å².